The Morgan fingerprint density at radius 1 is 0.520 bits per heavy atom. The van der Waals surface area contributed by atoms with Crippen LogP contribution < -0.4 is 10.6 Å². The quantitative estimate of drug-likeness (QED) is 0.0199. The van der Waals surface area contributed by atoms with Crippen molar-refractivity contribution in [3.05, 3.63) is 36.5 Å². The SMILES string of the molecule is CCCCCCCCCCC/C=C\C/C=C\CCCCCCCCCCCCCC(=O)NC(COC1OC(CO)C(OC2OC(CO)C(O)C(OC3(C(=O)O)CC(O)C(NC(C)=O)C(C(O)C(O)CO)O3)C2O)C(O)C1O)C(O)/C=C/CCCCCCCCCCCCCCCCCCCCC. The number of unbranched alkanes of at least 4 members (excludes halogenated alkanes) is 39. The van der Waals surface area contributed by atoms with Crippen molar-refractivity contribution in [2.45, 2.75) is 420 Å². The third kappa shape index (κ3) is 38.2. The molecule has 3 rings (SSSR count). The maximum atomic E-state index is 13.5. The molecule has 2 amide bonds. The molecule has 596 valence electrons. The molecule has 0 aromatic heterocycles. The molecule has 0 saturated carbocycles. The van der Waals surface area contributed by atoms with E-state index in [0.717, 1.165) is 64.7 Å². The smallest absolute Gasteiger partial charge is 0.364 e. The summed E-state index contributed by atoms with van der Waals surface area (Å²) in [6.45, 7) is 2.18. The lowest BCUT2D eigenvalue weighted by molar-refractivity contribution is -0.386. The van der Waals surface area contributed by atoms with Crippen molar-refractivity contribution in [1.29, 1.82) is 0 Å². The summed E-state index contributed by atoms with van der Waals surface area (Å²) in [5.41, 5.74) is 0. The summed E-state index contributed by atoms with van der Waals surface area (Å²) in [5, 5.41) is 136. The van der Waals surface area contributed by atoms with Gasteiger partial charge in [0.2, 0.25) is 11.8 Å². The first-order chi connectivity index (χ1) is 49.4. The second kappa shape index (κ2) is 58.0. The van der Waals surface area contributed by atoms with Gasteiger partial charge in [-0.05, 0) is 51.4 Å². The molecule has 102 heavy (non-hydrogen) atoms. The lowest BCUT2D eigenvalue weighted by Gasteiger charge is -2.50. The standard InChI is InChI=1S/C79H144N2O21/c1-4-6-8-10-12-14-16-18-20-22-24-26-27-28-29-30-31-33-35-37-39-41-43-45-47-49-51-53-66(89)81-60(61(86)52-50-48-46-44-42-40-38-36-34-32-25-23-21-19-17-15-13-11-9-7-5-2)58-97-76-71(93)70(92)73(65(57-84)99-76)100-77-72(94)75(69(91)64(56-83)98-77)102-79(78(95)96)54-62(87)67(80-59(3)85)74(101-79)68(90)63(88)55-82/h24,26,28-29,50,52,60-65,67-77,82-84,86-88,90-94H,4-23,25,27,30-49,51,53-58H2,1-3H3,(H,80,85)(H,81,89)(H,95,96)/b26-24-,29-28-,52-50+. The topological polar surface area (TPSA) is 373 Å². The first-order valence-corrected chi connectivity index (χ1v) is 40.4. The lowest BCUT2D eigenvalue weighted by Crippen LogP contribution is -2.70. The zero-order valence-corrected chi connectivity index (χ0v) is 63.0. The molecule has 0 bridgehead atoms. The molecule has 18 atom stereocenters. The monoisotopic (exact) mass is 1460 g/mol. The maximum absolute atomic E-state index is 13.5. The fourth-order valence-corrected chi connectivity index (χ4v) is 13.9. The zero-order valence-electron chi connectivity index (χ0n) is 63.0. The molecule has 0 aromatic carbocycles. The van der Waals surface area contributed by atoms with Gasteiger partial charge < -0.3 is 100 Å². The van der Waals surface area contributed by atoms with Crippen LogP contribution in [0.5, 0.6) is 0 Å². The van der Waals surface area contributed by atoms with Crippen LogP contribution in [0.3, 0.4) is 0 Å². The number of rotatable bonds is 63. The van der Waals surface area contributed by atoms with Crippen molar-refractivity contribution in [1.82, 2.24) is 10.6 Å². The van der Waals surface area contributed by atoms with Gasteiger partial charge in [-0.3, -0.25) is 9.59 Å². The summed E-state index contributed by atoms with van der Waals surface area (Å²) < 4.78 is 34.9. The largest absolute Gasteiger partial charge is 0.477 e. The van der Waals surface area contributed by atoms with Crippen LogP contribution in [0, 0.1) is 0 Å². The predicted octanol–water partition coefficient (Wildman–Crippen LogP) is 10.5. The molecule has 0 aliphatic carbocycles. The molecule has 3 aliphatic heterocycles. The van der Waals surface area contributed by atoms with Gasteiger partial charge in [-0.25, -0.2) is 4.79 Å². The molecule has 3 fully saturated rings. The van der Waals surface area contributed by atoms with Gasteiger partial charge in [0.15, 0.2) is 12.6 Å². The minimum Gasteiger partial charge on any atom is -0.477 e. The summed E-state index contributed by atoms with van der Waals surface area (Å²) >= 11 is 0. The number of allylic oxidation sites excluding steroid dienone is 5. The van der Waals surface area contributed by atoms with E-state index in [0.29, 0.717) is 12.8 Å². The van der Waals surface area contributed by atoms with E-state index < -0.39 is 155 Å². The van der Waals surface area contributed by atoms with Crippen LogP contribution >= 0.6 is 0 Å². The molecular formula is C79H144N2O21. The number of aliphatic hydroxyl groups excluding tert-OH is 11. The Morgan fingerprint density at radius 2 is 0.951 bits per heavy atom. The molecule has 23 heteroatoms. The highest BCUT2D eigenvalue weighted by molar-refractivity contribution is 5.77. The van der Waals surface area contributed by atoms with E-state index in [1.54, 1.807) is 6.08 Å². The first-order valence-electron chi connectivity index (χ1n) is 40.4. The van der Waals surface area contributed by atoms with Crippen LogP contribution in [0.1, 0.15) is 310 Å². The van der Waals surface area contributed by atoms with Crippen molar-refractivity contribution >= 4 is 17.8 Å². The predicted molar refractivity (Wildman–Crippen MR) is 394 cm³/mol. The van der Waals surface area contributed by atoms with E-state index in [9.17, 15) is 75.7 Å². The minimum absolute atomic E-state index is 0.198. The van der Waals surface area contributed by atoms with Crippen LogP contribution in [-0.4, -0.2) is 215 Å². The highest BCUT2D eigenvalue weighted by Crippen LogP contribution is 2.39. The summed E-state index contributed by atoms with van der Waals surface area (Å²) in [4.78, 5) is 38.7. The summed E-state index contributed by atoms with van der Waals surface area (Å²) in [7, 11) is 0. The van der Waals surface area contributed by atoms with E-state index in [1.165, 1.54) is 205 Å². The summed E-state index contributed by atoms with van der Waals surface area (Å²) in [5.74, 6) is -6.14. The number of amides is 2. The van der Waals surface area contributed by atoms with Crippen molar-refractivity contribution in [2.75, 3.05) is 26.4 Å². The van der Waals surface area contributed by atoms with Gasteiger partial charge in [0.05, 0.1) is 50.7 Å². The third-order valence-corrected chi connectivity index (χ3v) is 20.3. The highest BCUT2D eigenvalue weighted by atomic mass is 16.8. The van der Waals surface area contributed by atoms with Crippen molar-refractivity contribution in [2.24, 2.45) is 0 Å². The number of aliphatic hydroxyl groups is 11. The Labute approximate surface area is 612 Å². The number of carboxylic acids is 1. The van der Waals surface area contributed by atoms with Gasteiger partial charge >= 0.3 is 5.97 Å². The number of aliphatic carboxylic acids is 1. The number of hydrogen-bond donors (Lipinski definition) is 14. The number of carboxylic acid groups (broad SMARTS) is 1. The van der Waals surface area contributed by atoms with E-state index >= 15 is 0 Å². The van der Waals surface area contributed by atoms with Crippen LogP contribution in [0.2, 0.25) is 0 Å². The molecule has 0 aromatic rings. The average molecular weight is 1460 g/mol. The maximum Gasteiger partial charge on any atom is 0.364 e. The molecule has 3 saturated heterocycles. The van der Waals surface area contributed by atoms with E-state index in [2.05, 4.69) is 48.8 Å². The van der Waals surface area contributed by atoms with Crippen molar-refractivity contribution in [3.63, 3.8) is 0 Å². The van der Waals surface area contributed by atoms with Gasteiger partial charge in [0.1, 0.15) is 67.1 Å². The third-order valence-electron chi connectivity index (χ3n) is 20.3. The van der Waals surface area contributed by atoms with E-state index in [4.69, 9.17) is 28.4 Å². The molecule has 14 N–H and O–H groups in total. The van der Waals surface area contributed by atoms with Crippen LogP contribution in [0.15, 0.2) is 36.5 Å². The fourth-order valence-electron chi connectivity index (χ4n) is 13.9. The highest BCUT2D eigenvalue weighted by Gasteiger charge is 2.60. The minimum atomic E-state index is -3.08. The Kier molecular flexibility index (Phi) is 53.0. The number of carbonyl (C=O) groups excluding carboxylic acids is 2. The second-order valence-corrected chi connectivity index (χ2v) is 29.3. The van der Waals surface area contributed by atoms with Gasteiger partial charge in [-0.1, -0.05) is 275 Å². The number of carbonyl (C=O) groups is 3. The van der Waals surface area contributed by atoms with Crippen LogP contribution in [-0.2, 0) is 42.8 Å². The zero-order chi connectivity index (χ0) is 74.6. The normalized spacial score (nSPS) is 26.8. The Hall–Kier alpha value is -3.05. The van der Waals surface area contributed by atoms with Gasteiger partial charge in [-0.2, -0.15) is 0 Å². The number of ether oxygens (including phenoxy) is 6. The molecule has 0 radical (unpaired) electrons. The fraction of sp³-hybridized carbons (Fsp3) is 0.886. The average Bonchev–Trinajstić information content (AvgIpc) is 0.755. The Bertz CT molecular complexity index is 2180. The van der Waals surface area contributed by atoms with Gasteiger partial charge in [0, 0.05) is 19.8 Å². The summed E-state index contributed by atoms with van der Waals surface area (Å²) in [6, 6.07) is -2.62. The summed E-state index contributed by atoms with van der Waals surface area (Å²) in [6.07, 6.45) is 36.0. The molecule has 3 aliphatic rings. The molecule has 3 heterocycles. The first kappa shape index (κ1) is 93.2. The van der Waals surface area contributed by atoms with E-state index in [-0.39, 0.29) is 12.3 Å². The van der Waals surface area contributed by atoms with Gasteiger partial charge in [0.25, 0.3) is 5.79 Å². The number of hydrogen-bond acceptors (Lipinski definition) is 20. The lowest BCUT2D eigenvalue weighted by atomic mass is 9.88. The molecular weight excluding hydrogens is 1310 g/mol. The van der Waals surface area contributed by atoms with Crippen molar-refractivity contribution in [3.8, 4) is 0 Å². The Morgan fingerprint density at radius 3 is 1.38 bits per heavy atom. The number of nitrogens with one attached hydrogen (secondary N) is 2. The second-order valence-electron chi connectivity index (χ2n) is 29.3. The molecule has 18 unspecified atom stereocenters. The molecule has 23 nitrogen and oxygen atoms in total. The van der Waals surface area contributed by atoms with Gasteiger partial charge in [-0.15, -0.1) is 0 Å². The van der Waals surface area contributed by atoms with Crippen molar-refractivity contribution < 1.29 is 104 Å². The van der Waals surface area contributed by atoms with Crippen LogP contribution in [0.4, 0.5) is 0 Å². The van der Waals surface area contributed by atoms with Crippen LogP contribution in [0.25, 0.3) is 0 Å². The Balaban J connectivity index is 1.52. The molecule has 0 spiro atoms. The van der Waals surface area contributed by atoms with E-state index in [1.807, 2.05) is 6.08 Å².